The predicted octanol–water partition coefficient (Wildman–Crippen LogP) is 3.52. The highest BCUT2D eigenvalue weighted by Crippen LogP contribution is 2.26. The Bertz CT molecular complexity index is 747. The van der Waals surface area contributed by atoms with E-state index in [0.717, 1.165) is 23.0 Å². The lowest BCUT2D eigenvalue weighted by Gasteiger charge is -2.34. The summed E-state index contributed by atoms with van der Waals surface area (Å²) in [5.74, 6) is 1.54. The largest absolute Gasteiger partial charge is 0.377 e. The fourth-order valence-corrected chi connectivity index (χ4v) is 3.51. The zero-order chi connectivity index (χ0) is 16.9. The molecular weight excluding hydrogens is 344 g/mol. The van der Waals surface area contributed by atoms with E-state index in [4.69, 9.17) is 21.6 Å². The highest BCUT2D eigenvalue weighted by Gasteiger charge is 2.21. The lowest BCUT2D eigenvalue weighted by Crippen LogP contribution is -2.44. The molecule has 7 heteroatoms. The van der Waals surface area contributed by atoms with Gasteiger partial charge in [-0.1, -0.05) is 0 Å². The number of ether oxygens (including phenoxy) is 1. The zero-order valence-corrected chi connectivity index (χ0v) is 14.8. The first-order chi connectivity index (χ1) is 11.7. The number of aromatic nitrogens is 2. The third-order valence-electron chi connectivity index (χ3n) is 3.77. The standard InChI is InChI=1S/C17H17ClN4OS/c1-12-10-23-7-6-22(12)16-8-14(20-17(18)21-16)11-24-15-4-2-13(9-19)3-5-15/h2-5,8,12H,6-7,10-11H2,1H3. The second kappa shape index (κ2) is 7.84. The van der Waals surface area contributed by atoms with E-state index in [9.17, 15) is 0 Å². The molecule has 1 unspecified atom stereocenters. The van der Waals surface area contributed by atoms with Crippen molar-refractivity contribution in [1.82, 2.24) is 9.97 Å². The van der Waals surface area contributed by atoms with Crippen molar-refractivity contribution >= 4 is 29.2 Å². The summed E-state index contributed by atoms with van der Waals surface area (Å²) in [4.78, 5) is 12.0. The normalized spacial score (nSPS) is 17.5. The van der Waals surface area contributed by atoms with Gasteiger partial charge in [-0.25, -0.2) is 9.97 Å². The summed E-state index contributed by atoms with van der Waals surface area (Å²) in [6.45, 7) is 4.30. The fourth-order valence-electron chi connectivity index (χ4n) is 2.52. The van der Waals surface area contributed by atoms with Crippen molar-refractivity contribution < 1.29 is 4.74 Å². The van der Waals surface area contributed by atoms with Crippen molar-refractivity contribution in [1.29, 1.82) is 5.26 Å². The summed E-state index contributed by atoms with van der Waals surface area (Å²) >= 11 is 7.77. The molecule has 2 aromatic rings. The van der Waals surface area contributed by atoms with Crippen molar-refractivity contribution in [3.8, 4) is 6.07 Å². The van der Waals surface area contributed by atoms with E-state index in [0.29, 0.717) is 24.5 Å². The molecule has 1 aromatic heterocycles. The third kappa shape index (κ3) is 4.18. The summed E-state index contributed by atoms with van der Waals surface area (Å²) in [7, 11) is 0. The van der Waals surface area contributed by atoms with Gasteiger partial charge in [0.1, 0.15) is 5.82 Å². The average Bonchev–Trinajstić information content (AvgIpc) is 2.60. The molecule has 1 aliphatic heterocycles. The molecule has 1 saturated heterocycles. The molecule has 0 bridgehead atoms. The Labute approximate surface area is 150 Å². The number of hydrogen-bond acceptors (Lipinski definition) is 6. The van der Waals surface area contributed by atoms with Crippen LogP contribution in [-0.4, -0.2) is 35.8 Å². The number of nitriles is 1. The molecule has 2 heterocycles. The minimum atomic E-state index is 0.265. The first-order valence-electron chi connectivity index (χ1n) is 7.66. The van der Waals surface area contributed by atoms with Crippen molar-refractivity contribution in [2.45, 2.75) is 23.6 Å². The summed E-state index contributed by atoms with van der Waals surface area (Å²) < 4.78 is 5.47. The van der Waals surface area contributed by atoms with Crippen molar-refractivity contribution in [2.24, 2.45) is 0 Å². The Morgan fingerprint density at radius 3 is 2.88 bits per heavy atom. The van der Waals surface area contributed by atoms with Gasteiger partial charge in [-0.05, 0) is 42.8 Å². The number of halogens is 1. The summed E-state index contributed by atoms with van der Waals surface area (Å²) in [6.07, 6.45) is 0. The molecular formula is C17H17ClN4OS. The molecule has 1 atom stereocenters. The van der Waals surface area contributed by atoms with Crippen LogP contribution < -0.4 is 4.90 Å². The van der Waals surface area contributed by atoms with Crippen LogP contribution in [0.5, 0.6) is 0 Å². The number of benzene rings is 1. The Balaban J connectivity index is 1.72. The van der Waals surface area contributed by atoms with E-state index in [1.807, 2.05) is 30.3 Å². The van der Waals surface area contributed by atoms with Gasteiger partial charge in [0.15, 0.2) is 0 Å². The lowest BCUT2D eigenvalue weighted by atomic mass is 10.2. The van der Waals surface area contributed by atoms with Crippen molar-refractivity contribution in [3.05, 3.63) is 46.9 Å². The Morgan fingerprint density at radius 2 is 2.17 bits per heavy atom. The number of hydrogen-bond donors (Lipinski definition) is 0. The maximum atomic E-state index is 8.84. The highest BCUT2D eigenvalue weighted by molar-refractivity contribution is 7.98. The summed E-state index contributed by atoms with van der Waals surface area (Å²) in [6, 6.07) is 11.9. The van der Waals surface area contributed by atoms with Gasteiger partial charge in [0.25, 0.3) is 0 Å². The highest BCUT2D eigenvalue weighted by atomic mass is 35.5. The van der Waals surface area contributed by atoms with Crippen LogP contribution in [0.2, 0.25) is 5.28 Å². The van der Waals surface area contributed by atoms with Crippen LogP contribution in [0.15, 0.2) is 35.2 Å². The van der Waals surface area contributed by atoms with Crippen LogP contribution in [0.25, 0.3) is 0 Å². The average molecular weight is 361 g/mol. The van der Waals surface area contributed by atoms with E-state index in [2.05, 4.69) is 27.9 Å². The molecule has 1 fully saturated rings. The van der Waals surface area contributed by atoms with E-state index in [-0.39, 0.29) is 11.3 Å². The number of morpholine rings is 1. The predicted molar refractivity (Wildman–Crippen MR) is 95.4 cm³/mol. The Hall–Kier alpha value is -1.81. The monoisotopic (exact) mass is 360 g/mol. The van der Waals surface area contributed by atoms with E-state index in [1.165, 1.54) is 0 Å². The minimum absolute atomic E-state index is 0.265. The second-order valence-electron chi connectivity index (χ2n) is 5.53. The molecule has 1 aromatic carbocycles. The Kier molecular flexibility index (Phi) is 5.56. The minimum Gasteiger partial charge on any atom is -0.377 e. The lowest BCUT2D eigenvalue weighted by molar-refractivity contribution is 0.0985. The molecule has 3 rings (SSSR count). The molecule has 0 saturated carbocycles. The summed E-state index contributed by atoms with van der Waals surface area (Å²) in [5.41, 5.74) is 1.55. The van der Waals surface area contributed by atoms with Crippen LogP contribution in [0.1, 0.15) is 18.2 Å². The van der Waals surface area contributed by atoms with Gasteiger partial charge in [0.2, 0.25) is 5.28 Å². The molecule has 0 N–H and O–H groups in total. The molecule has 0 spiro atoms. The van der Waals surface area contributed by atoms with Gasteiger partial charge in [-0.15, -0.1) is 11.8 Å². The van der Waals surface area contributed by atoms with Crippen LogP contribution >= 0.6 is 23.4 Å². The van der Waals surface area contributed by atoms with Crippen LogP contribution in [0, 0.1) is 11.3 Å². The van der Waals surface area contributed by atoms with Gasteiger partial charge in [-0.3, -0.25) is 0 Å². The number of nitrogens with zero attached hydrogens (tertiary/aromatic N) is 4. The van der Waals surface area contributed by atoms with E-state index < -0.39 is 0 Å². The second-order valence-corrected chi connectivity index (χ2v) is 6.92. The topological polar surface area (TPSA) is 62.0 Å². The van der Waals surface area contributed by atoms with Gasteiger partial charge in [0.05, 0.1) is 36.6 Å². The maximum Gasteiger partial charge on any atom is 0.224 e. The van der Waals surface area contributed by atoms with Gasteiger partial charge < -0.3 is 9.64 Å². The Morgan fingerprint density at radius 1 is 1.38 bits per heavy atom. The molecule has 1 aliphatic rings. The summed E-state index contributed by atoms with van der Waals surface area (Å²) in [5, 5.41) is 9.11. The van der Waals surface area contributed by atoms with E-state index >= 15 is 0 Å². The van der Waals surface area contributed by atoms with Gasteiger partial charge in [0, 0.05) is 23.3 Å². The van der Waals surface area contributed by atoms with Crippen LogP contribution in [-0.2, 0) is 10.5 Å². The number of thioether (sulfide) groups is 1. The number of anilines is 1. The fraction of sp³-hybridized carbons (Fsp3) is 0.353. The molecule has 0 amide bonds. The smallest absolute Gasteiger partial charge is 0.224 e. The van der Waals surface area contributed by atoms with Crippen LogP contribution in [0.4, 0.5) is 5.82 Å². The first-order valence-corrected chi connectivity index (χ1v) is 9.03. The third-order valence-corrected chi connectivity index (χ3v) is 4.99. The number of rotatable bonds is 4. The van der Waals surface area contributed by atoms with Crippen molar-refractivity contribution in [2.75, 3.05) is 24.7 Å². The van der Waals surface area contributed by atoms with Crippen molar-refractivity contribution in [3.63, 3.8) is 0 Å². The maximum absolute atomic E-state index is 8.84. The SMILES string of the molecule is CC1COCCN1c1cc(CSc2ccc(C#N)cc2)nc(Cl)n1. The van der Waals surface area contributed by atoms with Gasteiger partial charge >= 0.3 is 0 Å². The quantitative estimate of drug-likeness (QED) is 0.614. The molecule has 0 aliphatic carbocycles. The molecule has 24 heavy (non-hydrogen) atoms. The van der Waals surface area contributed by atoms with E-state index in [1.54, 1.807) is 11.8 Å². The zero-order valence-electron chi connectivity index (χ0n) is 13.3. The molecule has 124 valence electrons. The first kappa shape index (κ1) is 17.0. The van der Waals surface area contributed by atoms with Crippen LogP contribution in [0.3, 0.4) is 0 Å². The molecule has 0 radical (unpaired) electrons. The molecule has 5 nitrogen and oxygen atoms in total. The van der Waals surface area contributed by atoms with Gasteiger partial charge in [-0.2, -0.15) is 5.26 Å².